The molecule has 0 saturated carbocycles. The summed E-state index contributed by atoms with van der Waals surface area (Å²) in [6, 6.07) is 6.94. The largest absolute Gasteiger partial charge is 0.507 e. The quantitative estimate of drug-likeness (QED) is 0.891. The van der Waals surface area contributed by atoms with Gasteiger partial charge in [0.05, 0.1) is 26.1 Å². The van der Waals surface area contributed by atoms with Crippen molar-refractivity contribution in [2.75, 3.05) is 14.2 Å². The van der Waals surface area contributed by atoms with Gasteiger partial charge in [0, 0.05) is 6.08 Å². The molecule has 0 fully saturated rings. The number of aliphatic hydroxyl groups is 2. The van der Waals surface area contributed by atoms with Gasteiger partial charge in [0.15, 0.2) is 23.1 Å². The molecule has 0 bridgehead atoms. The third kappa shape index (κ3) is 2.42. The van der Waals surface area contributed by atoms with Crippen LogP contribution in [0.25, 0.3) is 5.57 Å². The Kier molecular flexibility index (Phi) is 3.73. The fourth-order valence-corrected chi connectivity index (χ4v) is 2.71. The van der Waals surface area contributed by atoms with E-state index < -0.39 is 12.0 Å². The number of allylic oxidation sites excluding steroid dienone is 1. The highest BCUT2D eigenvalue weighted by Crippen LogP contribution is 2.37. The Morgan fingerprint density at radius 3 is 2.39 bits per heavy atom. The van der Waals surface area contributed by atoms with Gasteiger partial charge in [0.25, 0.3) is 0 Å². The smallest absolute Gasteiger partial charge is 0.199 e. The minimum Gasteiger partial charge on any atom is -0.507 e. The third-order valence-corrected chi connectivity index (χ3v) is 3.91. The first kappa shape index (κ1) is 15.0. The standard InChI is InChI=1S/C17H16O6/c1-21-10-5-3-9(4-6-10)11-8-23-13-7-12(18)17(22-2)16(20)14(13)15(11)19/h3-8,13-14,18,20H,1-2H3. The van der Waals surface area contributed by atoms with E-state index in [1.165, 1.54) is 19.4 Å². The van der Waals surface area contributed by atoms with Crippen molar-refractivity contribution >= 4 is 11.4 Å². The average Bonchev–Trinajstić information content (AvgIpc) is 2.55. The number of fused-ring (bicyclic) bond motifs is 1. The van der Waals surface area contributed by atoms with Crippen LogP contribution in [-0.4, -0.2) is 36.3 Å². The maximum Gasteiger partial charge on any atom is 0.199 e. The van der Waals surface area contributed by atoms with Crippen LogP contribution in [-0.2, 0) is 14.3 Å². The van der Waals surface area contributed by atoms with Crippen molar-refractivity contribution in [3.63, 3.8) is 0 Å². The van der Waals surface area contributed by atoms with Gasteiger partial charge in [-0.1, -0.05) is 12.1 Å². The zero-order valence-corrected chi connectivity index (χ0v) is 12.6. The van der Waals surface area contributed by atoms with Gasteiger partial charge in [0.1, 0.15) is 17.8 Å². The number of hydrogen-bond acceptors (Lipinski definition) is 6. The number of carbonyl (C=O) groups excluding carboxylic acids is 1. The molecular formula is C17H16O6. The normalized spacial score (nSPS) is 23.5. The second-order valence-electron chi connectivity index (χ2n) is 5.17. The van der Waals surface area contributed by atoms with Crippen molar-refractivity contribution in [3.05, 3.63) is 59.4 Å². The first-order valence-electron chi connectivity index (χ1n) is 6.99. The van der Waals surface area contributed by atoms with Crippen LogP contribution in [0.2, 0.25) is 0 Å². The van der Waals surface area contributed by atoms with Gasteiger partial charge in [-0.15, -0.1) is 0 Å². The molecule has 0 radical (unpaired) electrons. The van der Waals surface area contributed by atoms with E-state index in [-0.39, 0.29) is 23.1 Å². The predicted octanol–water partition coefficient (Wildman–Crippen LogP) is 2.49. The highest BCUT2D eigenvalue weighted by molar-refractivity contribution is 6.23. The van der Waals surface area contributed by atoms with E-state index in [1.807, 2.05) is 0 Å². The van der Waals surface area contributed by atoms with Crippen molar-refractivity contribution in [2.45, 2.75) is 6.10 Å². The number of rotatable bonds is 3. The molecule has 1 aliphatic carbocycles. The lowest BCUT2D eigenvalue weighted by Gasteiger charge is -2.31. The van der Waals surface area contributed by atoms with E-state index >= 15 is 0 Å². The number of ketones is 1. The van der Waals surface area contributed by atoms with Crippen molar-refractivity contribution in [1.29, 1.82) is 0 Å². The molecule has 1 heterocycles. The number of aliphatic hydroxyl groups excluding tert-OH is 2. The van der Waals surface area contributed by atoms with Gasteiger partial charge < -0.3 is 24.4 Å². The summed E-state index contributed by atoms with van der Waals surface area (Å²) in [5, 5.41) is 20.1. The average molecular weight is 316 g/mol. The second kappa shape index (κ2) is 5.72. The molecule has 0 saturated heterocycles. The number of Topliss-reactive ketones (excluding diaryl/α,β-unsaturated/α-hetero) is 1. The van der Waals surface area contributed by atoms with Gasteiger partial charge in [-0.05, 0) is 17.7 Å². The monoisotopic (exact) mass is 316 g/mol. The summed E-state index contributed by atoms with van der Waals surface area (Å²) < 4.78 is 15.6. The molecule has 6 nitrogen and oxygen atoms in total. The zero-order chi connectivity index (χ0) is 16.6. The number of hydrogen-bond donors (Lipinski definition) is 2. The number of carbonyl (C=O) groups is 1. The summed E-state index contributed by atoms with van der Waals surface area (Å²) in [5.74, 6) is -1.27. The lowest BCUT2D eigenvalue weighted by Crippen LogP contribution is -2.37. The Bertz CT molecular complexity index is 726. The summed E-state index contributed by atoms with van der Waals surface area (Å²) >= 11 is 0. The molecule has 1 aromatic rings. The minimum absolute atomic E-state index is 0.112. The molecule has 2 N–H and O–H groups in total. The number of methoxy groups -OCH3 is 2. The van der Waals surface area contributed by atoms with Gasteiger partial charge in [-0.3, -0.25) is 4.79 Å². The van der Waals surface area contributed by atoms with Crippen molar-refractivity contribution in [1.82, 2.24) is 0 Å². The molecule has 3 rings (SSSR count). The van der Waals surface area contributed by atoms with Crippen molar-refractivity contribution < 1.29 is 29.2 Å². The Labute approximate surface area is 132 Å². The fourth-order valence-electron chi connectivity index (χ4n) is 2.71. The third-order valence-electron chi connectivity index (χ3n) is 3.91. The first-order valence-corrected chi connectivity index (χ1v) is 6.99. The van der Waals surface area contributed by atoms with Crippen molar-refractivity contribution in [2.24, 2.45) is 5.92 Å². The van der Waals surface area contributed by atoms with Crippen molar-refractivity contribution in [3.8, 4) is 5.75 Å². The van der Waals surface area contributed by atoms with Crippen LogP contribution in [0.5, 0.6) is 5.75 Å². The number of benzene rings is 1. The lowest BCUT2D eigenvalue weighted by atomic mass is 9.83. The van der Waals surface area contributed by atoms with E-state index in [2.05, 4.69) is 0 Å². The topological polar surface area (TPSA) is 85.2 Å². The van der Waals surface area contributed by atoms with E-state index in [1.54, 1.807) is 31.4 Å². The Morgan fingerprint density at radius 2 is 1.78 bits per heavy atom. The van der Waals surface area contributed by atoms with Gasteiger partial charge in [-0.2, -0.15) is 0 Å². The maximum atomic E-state index is 12.8. The Morgan fingerprint density at radius 1 is 1.09 bits per heavy atom. The van der Waals surface area contributed by atoms with Gasteiger partial charge >= 0.3 is 0 Å². The van der Waals surface area contributed by atoms with E-state index in [0.717, 1.165) is 0 Å². The summed E-state index contributed by atoms with van der Waals surface area (Å²) in [6.45, 7) is 0. The molecule has 1 aliphatic heterocycles. The van der Waals surface area contributed by atoms with Gasteiger partial charge in [0.2, 0.25) is 0 Å². The molecular weight excluding hydrogens is 300 g/mol. The van der Waals surface area contributed by atoms with E-state index in [9.17, 15) is 15.0 Å². The van der Waals surface area contributed by atoms with E-state index in [4.69, 9.17) is 14.2 Å². The van der Waals surface area contributed by atoms with Crippen LogP contribution in [0, 0.1) is 5.92 Å². The molecule has 0 spiro atoms. The molecule has 0 amide bonds. The lowest BCUT2D eigenvalue weighted by molar-refractivity contribution is -0.121. The predicted molar refractivity (Wildman–Crippen MR) is 81.7 cm³/mol. The summed E-state index contributed by atoms with van der Waals surface area (Å²) in [6.07, 6.45) is 1.94. The van der Waals surface area contributed by atoms with E-state index in [0.29, 0.717) is 16.9 Å². The summed E-state index contributed by atoms with van der Waals surface area (Å²) in [7, 11) is 2.87. The molecule has 120 valence electrons. The van der Waals surface area contributed by atoms with Crippen LogP contribution in [0.4, 0.5) is 0 Å². The molecule has 2 aliphatic rings. The highest BCUT2D eigenvalue weighted by Gasteiger charge is 2.43. The van der Waals surface area contributed by atoms with Gasteiger partial charge in [-0.25, -0.2) is 0 Å². The zero-order valence-electron chi connectivity index (χ0n) is 12.6. The molecule has 2 atom stereocenters. The van der Waals surface area contributed by atoms with Crippen LogP contribution < -0.4 is 4.74 Å². The fraction of sp³-hybridized carbons (Fsp3) is 0.235. The maximum absolute atomic E-state index is 12.8. The Balaban J connectivity index is 1.98. The van der Waals surface area contributed by atoms with Crippen LogP contribution in [0.1, 0.15) is 5.56 Å². The van der Waals surface area contributed by atoms with Crippen LogP contribution in [0.15, 0.2) is 53.9 Å². The first-order chi connectivity index (χ1) is 11.1. The highest BCUT2D eigenvalue weighted by atomic mass is 16.5. The second-order valence-corrected chi connectivity index (χ2v) is 5.17. The van der Waals surface area contributed by atoms with Crippen LogP contribution >= 0.6 is 0 Å². The Hall–Kier alpha value is -2.89. The molecule has 1 aromatic carbocycles. The molecule has 6 heteroatoms. The SMILES string of the molecule is COC1=C(O)C2C(=O)C(c3ccc(OC)cc3)=COC2C=C1O. The van der Waals surface area contributed by atoms with Crippen LogP contribution in [0.3, 0.4) is 0 Å². The number of ether oxygens (including phenoxy) is 3. The summed E-state index contributed by atoms with van der Waals surface area (Å²) in [4.78, 5) is 12.8. The molecule has 0 aromatic heterocycles. The summed E-state index contributed by atoms with van der Waals surface area (Å²) in [5.41, 5.74) is 0.991. The molecule has 23 heavy (non-hydrogen) atoms. The minimum atomic E-state index is -0.942. The molecule has 2 unspecified atom stereocenters.